The summed E-state index contributed by atoms with van der Waals surface area (Å²) < 4.78 is 25.9. The zero-order valence-corrected chi connectivity index (χ0v) is 13.8. The van der Waals surface area contributed by atoms with E-state index in [-0.39, 0.29) is 34.9 Å². The third kappa shape index (κ3) is 4.92. The largest absolute Gasteiger partial charge is 0.330 e. The SMILES string of the molecule is CN(CC(C)(C)CN)S(=O)(=O)c1ccc([N+](=O)[O-])cc1.Cl. The standard InChI is InChI=1S/C12H19N3O4S.ClH/c1-12(2,8-13)9-14(3)20(18,19)11-6-4-10(5-7-11)15(16)17;/h4-7H,8-9,13H2,1-3H3;1H. The highest BCUT2D eigenvalue weighted by molar-refractivity contribution is 7.89. The maximum absolute atomic E-state index is 12.3. The first-order valence-corrected chi connectivity index (χ1v) is 7.45. The number of nitrogens with two attached hydrogens (primary N) is 1. The van der Waals surface area contributed by atoms with E-state index in [0.717, 1.165) is 0 Å². The Bertz CT molecular complexity index is 587. The van der Waals surface area contributed by atoms with E-state index in [4.69, 9.17) is 5.73 Å². The van der Waals surface area contributed by atoms with Crippen molar-refractivity contribution < 1.29 is 13.3 Å². The Kier molecular flexibility index (Phi) is 6.75. The average molecular weight is 338 g/mol. The van der Waals surface area contributed by atoms with Gasteiger partial charge in [0.2, 0.25) is 10.0 Å². The number of sulfonamides is 1. The molecule has 0 aliphatic heterocycles. The predicted octanol–water partition coefficient (Wildman–Crippen LogP) is 1.62. The zero-order chi connectivity index (χ0) is 15.6. The van der Waals surface area contributed by atoms with Crippen LogP contribution in [0.1, 0.15) is 13.8 Å². The van der Waals surface area contributed by atoms with E-state index in [0.29, 0.717) is 6.54 Å². The van der Waals surface area contributed by atoms with Crippen LogP contribution in [0.3, 0.4) is 0 Å². The number of non-ortho nitro benzene ring substituents is 1. The summed E-state index contributed by atoms with van der Waals surface area (Å²) in [5.41, 5.74) is 5.10. The van der Waals surface area contributed by atoms with Gasteiger partial charge in [-0.25, -0.2) is 12.7 Å². The van der Waals surface area contributed by atoms with Gasteiger partial charge in [-0.1, -0.05) is 13.8 Å². The minimum Gasteiger partial charge on any atom is -0.330 e. The van der Waals surface area contributed by atoms with Crippen LogP contribution in [0.2, 0.25) is 0 Å². The number of nitrogens with zero attached hydrogens (tertiary/aromatic N) is 2. The maximum Gasteiger partial charge on any atom is 0.269 e. The van der Waals surface area contributed by atoms with Crippen LogP contribution < -0.4 is 5.73 Å². The van der Waals surface area contributed by atoms with Gasteiger partial charge < -0.3 is 5.73 Å². The van der Waals surface area contributed by atoms with E-state index in [1.165, 1.54) is 35.6 Å². The molecule has 0 bridgehead atoms. The van der Waals surface area contributed by atoms with Gasteiger partial charge in [0, 0.05) is 25.7 Å². The summed E-state index contributed by atoms with van der Waals surface area (Å²) >= 11 is 0. The van der Waals surface area contributed by atoms with Crippen molar-refractivity contribution >= 4 is 28.1 Å². The summed E-state index contributed by atoms with van der Waals surface area (Å²) in [6, 6.07) is 4.82. The van der Waals surface area contributed by atoms with Crippen molar-refractivity contribution in [1.82, 2.24) is 4.31 Å². The van der Waals surface area contributed by atoms with Gasteiger partial charge in [-0.2, -0.15) is 0 Å². The predicted molar refractivity (Wildman–Crippen MR) is 83.0 cm³/mol. The van der Waals surface area contributed by atoms with Gasteiger partial charge in [0.25, 0.3) is 5.69 Å². The Morgan fingerprint density at radius 3 is 2.14 bits per heavy atom. The molecule has 0 saturated heterocycles. The van der Waals surface area contributed by atoms with Crippen molar-refractivity contribution in [3.63, 3.8) is 0 Å². The topological polar surface area (TPSA) is 107 Å². The smallest absolute Gasteiger partial charge is 0.269 e. The lowest BCUT2D eigenvalue weighted by Gasteiger charge is -2.28. The van der Waals surface area contributed by atoms with E-state index in [9.17, 15) is 18.5 Å². The molecule has 0 amide bonds. The summed E-state index contributed by atoms with van der Waals surface area (Å²) in [6.07, 6.45) is 0. The molecule has 0 aliphatic carbocycles. The summed E-state index contributed by atoms with van der Waals surface area (Å²) in [5, 5.41) is 10.6. The van der Waals surface area contributed by atoms with Crippen LogP contribution in [-0.4, -0.2) is 37.8 Å². The molecule has 0 radical (unpaired) electrons. The normalized spacial score (nSPS) is 12.0. The first-order valence-electron chi connectivity index (χ1n) is 6.01. The van der Waals surface area contributed by atoms with Gasteiger partial charge in [0.15, 0.2) is 0 Å². The molecular weight excluding hydrogens is 318 g/mol. The van der Waals surface area contributed by atoms with Gasteiger partial charge in [0.05, 0.1) is 9.82 Å². The fourth-order valence-electron chi connectivity index (χ4n) is 1.67. The Morgan fingerprint density at radius 2 is 1.76 bits per heavy atom. The third-order valence-electron chi connectivity index (χ3n) is 2.96. The number of halogens is 1. The molecule has 2 N–H and O–H groups in total. The average Bonchev–Trinajstić information content (AvgIpc) is 2.38. The monoisotopic (exact) mass is 337 g/mol. The quantitative estimate of drug-likeness (QED) is 0.627. The summed E-state index contributed by atoms with van der Waals surface area (Å²) in [7, 11) is -2.20. The summed E-state index contributed by atoms with van der Waals surface area (Å²) in [4.78, 5) is 10.0. The maximum atomic E-state index is 12.3. The van der Waals surface area contributed by atoms with Crippen molar-refractivity contribution in [2.24, 2.45) is 11.1 Å². The highest BCUT2D eigenvalue weighted by Gasteiger charge is 2.27. The van der Waals surface area contributed by atoms with Crippen LogP contribution in [-0.2, 0) is 10.0 Å². The van der Waals surface area contributed by atoms with E-state index in [1.54, 1.807) is 0 Å². The molecule has 0 heterocycles. The first-order chi connectivity index (χ1) is 9.10. The molecule has 0 spiro atoms. The molecular formula is C12H20ClN3O4S. The lowest BCUT2D eigenvalue weighted by Crippen LogP contribution is -2.39. The van der Waals surface area contributed by atoms with Gasteiger partial charge in [-0.05, 0) is 24.1 Å². The number of nitro groups is 1. The molecule has 1 aromatic rings. The van der Waals surface area contributed by atoms with Crippen molar-refractivity contribution in [3.8, 4) is 0 Å². The Balaban J connectivity index is 0.00000400. The van der Waals surface area contributed by atoms with E-state index in [1.807, 2.05) is 13.8 Å². The Labute approximate surface area is 130 Å². The number of benzene rings is 1. The molecule has 21 heavy (non-hydrogen) atoms. The molecule has 1 rings (SSSR count). The molecule has 0 unspecified atom stereocenters. The molecule has 1 aromatic carbocycles. The van der Waals surface area contributed by atoms with Crippen molar-refractivity contribution in [1.29, 1.82) is 0 Å². The molecule has 7 nitrogen and oxygen atoms in total. The van der Waals surface area contributed by atoms with Crippen LogP contribution >= 0.6 is 12.4 Å². The first kappa shape index (κ1) is 19.8. The van der Waals surface area contributed by atoms with Crippen molar-refractivity contribution in [2.75, 3.05) is 20.1 Å². The number of hydrogen-bond donors (Lipinski definition) is 1. The van der Waals surface area contributed by atoms with Crippen molar-refractivity contribution in [2.45, 2.75) is 18.7 Å². The molecule has 0 aromatic heterocycles. The lowest BCUT2D eigenvalue weighted by molar-refractivity contribution is -0.384. The molecule has 0 aliphatic rings. The number of rotatable bonds is 6. The van der Waals surface area contributed by atoms with Gasteiger partial charge in [-0.3, -0.25) is 10.1 Å². The molecule has 120 valence electrons. The highest BCUT2D eigenvalue weighted by atomic mass is 35.5. The second-order valence-corrected chi connectivity index (χ2v) is 7.43. The fraction of sp³-hybridized carbons (Fsp3) is 0.500. The van der Waals surface area contributed by atoms with Crippen LogP contribution in [0, 0.1) is 15.5 Å². The van der Waals surface area contributed by atoms with Crippen LogP contribution in [0.15, 0.2) is 29.2 Å². The van der Waals surface area contributed by atoms with Crippen LogP contribution in [0.4, 0.5) is 5.69 Å². The second-order valence-electron chi connectivity index (χ2n) is 5.38. The number of nitro benzene ring substituents is 1. The number of hydrogen-bond acceptors (Lipinski definition) is 5. The van der Waals surface area contributed by atoms with Crippen molar-refractivity contribution in [3.05, 3.63) is 34.4 Å². The van der Waals surface area contributed by atoms with Crippen LogP contribution in [0.5, 0.6) is 0 Å². The Morgan fingerprint density at radius 1 is 1.29 bits per heavy atom. The Hall–Kier alpha value is -1.22. The summed E-state index contributed by atoms with van der Waals surface area (Å²) in [5.74, 6) is 0. The molecule has 0 saturated carbocycles. The zero-order valence-electron chi connectivity index (χ0n) is 12.1. The minimum atomic E-state index is -3.67. The van der Waals surface area contributed by atoms with Crippen LogP contribution in [0.25, 0.3) is 0 Å². The minimum absolute atomic E-state index is 0. The highest BCUT2D eigenvalue weighted by Crippen LogP contribution is 2.22. The molecule has 9 heteroatoms. The van der Waals surface area contributed by atoms with Gasteiger partial charge >= 0.3 is 0 Å². The van der Waals surface area contributed by atoms with Gasteiger partial charge in [-0.15, -0.1) is 12.4 Å². The lowest BCUT2D eigenvalue weighted by atomic mass is 9.94. The van der Waals surface area contributed by atoms with E-state index >= 15 is 0 Å². The molecule has 0 fully saturated rings. The third-order valence-corrected chi connectivity index (χ3v) is 4.78. The van der Waals surface area contributed by atoms with E-state index in [2.05, 4.69) is 0 Å². The summed E-state index contributed by atoms with van der Waals surface area (Å²) in [6.45, 7) is 4.36. The molecule has 0 atom stereocenters. The van der Waals surface area contributed by atoms with E-state index < -0.39 is 14.9 Å². The van der Waals surface area contributed by atoms with Gasteiger partial charge in [0.1, 0.15) is 0 Å². The fourth-order valence-corrected chi connectivity index (χ4v) is 3.03. The second kappa shape index (κ2) is 7.17.